The molecule has 3 N–H and O–H groups in total. The van der Waals surface area contributed by atoms with Gasteiger partial charge in [0.05, 0.1) is 7.11 Å². The molecular formula is C24H22ClN3O4. The van der Waals surface area contributed by atoms with Crippen molar-refractivity contribution in [1.82, 2.24) is 10.1 Å². The average Bonchev–Trinajstić information content (AvgIpc) is 3.30. The molecule has 0 aliphatic rings. The molecule has 32 heavy (non-hydrogen) atoms. The lowest BCUT2D eigenvalue weighted by Gasteiger charge is -2.06. The Labute approximate surface area is 191 Å². The number of hydrogen-bond acceptors (Lipinski definition) is 6. The van der Waals surface area contributed by atoms with E-state index in [9.17, 15) is 4.79 Å². The van der Waals surface area contributed by atoms with E-state index < -0.39 is 12.0 Å². The third-order valence-electron chi connectivity index (χ3n) is 4.94. The van der Waals surface area contributed by atoms with Crippen LogP contribution in [0.5, 0.6) is 5.75 Å². The smallest absolute Gasteiger partial charge is 0.320 e. The summed E-state index contributed by atoms with van der Waals surface area (Å²) in [5, 5.41) is 13.0. The number of methoxy groups -OCH3 is 1. The molecule has 0 saturated heterocycles. The summed E-state index contributed by atoms with van der Waals surface area (Å²) in [4.78, 5) is 15.4. The van der Waals surface area contributed by atoms with Crippen LogP contribution in [-0.4, -0.2) is 34.4 Å². The van der Waals surface area contributed by atoms with E-state index >= 15 is 0 Å². The van der Waals surface area contributed by atoms with Crippen molar-refractivity contribution in [2.24, 2.45) is 5.73 Å². The zero-order valence-corrected chi connectivity index (χ0v) is 18.1. The highest BCUT2D eigenvalue weighted by molar-refractivity contribution is 5.85. The monoisotopic (exact) mass is 451 g/mol. The molecule has 1 aromatic heterocycles. The van der Waals surface area contributed by atoms with Gasteiger partial charge in [0.15, 0.2) is 0 Å². The van der Waals surface area contributed by atoms with Gasteiger partial charge in [0, 0.05) is 11.1 Å². The summed E-state index contributed by atoms with van der Waals surface area (Å²) in [6.45, 7) is 0. The Morgan fingerprint density at radius 3 is 2.31 bits per heavy atom. The van der Waals surface area contributed by atoms with Crippen LogP contribution in [0.1, 0.15) is 5.56 Å². The number of hydrogen-bond donors (Lipinski definition) is 2. The summed E-state index contributed by atoms with van der Waals surface area (Å²) in [5.41, 5.74) is 10.1. The molecule has 0 amide bonds. The molecule has 164 valence electrons. The largest absolute Gasteiger partial charge is 0.497 e. The standard InChI is InChI=1S/C24H21N3O4.ClH/c1-30-20-11-9-16(10-12-20)18-3-2-4-19(14-18)23-26-22(27-31-23)17-7-5-15(6-8-17)13-21(25)24(28)29;/h2-12,14,21H,13,25H2,1H3,(H,28,29);1H/t21-;/m0./s1. The Kier molecular flexibility index (Phi) is 7.25. The molecule has 1 atom stereocenters. The fraction of sp³-hybridized carbons (Fsp3) is 0.125. The first-order valence-electron chi connectivity index (χ1n) is 9.70. The Morgan fingerprint density at radius 2 is 1.66 bits per heavy atom. The molecule has 0 fully saturated rings. The van der Waals surface area contributed by atoms with E-state index in [0.717, 1.165) is 33.6 Å². The maximum absolute atomic E-state index is 10.9. The van der Waals surface area contributed by atoms with Crippen molar-refractivity contribution in [1.29, 1.82) is 0 Å². The van der Waals surface area contributed by atoms with Crippen molar-refractivity contribution >= 4 is 18.4 Å². The van der Waals surface area contributed by atoms with Gasteiger partial charge in [0.1, 0.15) is 11.8 Å². The van der Waals surface area contributed by atoms with E-state index in [0.29, 0.717) is 11.7 Å². The minimum Gasteiger partial charge on any atom is -0.497 e. The lowest BCUT2D eigenvalue weighted by Crippen LogP contribution is -2.32. The van der Waals surface area contributed by atoms with Gasteiger partial charge in [-0.25, -0.2) is 0 Å². The van der Waals surface area contributed by atoms with Gasteiger partial charge >= 0.3 is 5.97 Å². The second kappa shape index (κ2) is 10.1. The quantitative estimate of drug-likeness (QED) is 0.426. The summed E-state index contributed by atoms with van der Waals surface area (Å²) in [6.07, 6.45) is 0.255. The maximum atomic E-state index is 10.9. The van der Waals surface area contributed by atoms with Gasteiger partial charge in [0.2, 0.25) is 5.82 Å². The Hall–Kier alpha value is -3.68. The number of ether oxygens (including phenoxy) is 1. The fourth-order valence-corrected chi connectivity index (χ4v) is 3.20. The maximum Gasteiger partial charge on any atom is 0.320 e. The molecule has 0 aliphatic heterocycles. The molecular weight excluding hydrogens is 430 g/mol. The summed E-state index contributed by atoms with van der Waals surface area (Å²) in [7, 11) is 1.64. The van der Waals surface area contributed by atoms with Crippen molar-refractivity contribution in [2.45, 2.75) is 12.5 Å². The Balaban J connectivity index is 0.00000289. The predicted molar refractivity (Wildman–Crippen MR) is 124 cm³/mol. The van der Waals surface area contributed by atoms with Crippen molar-refractivity contribution < 1.29 is 19.2 Å². The van der Waals surface area contributed by atoms with Crippen molar-refractivity contribution in [3.63, 3.8) is 0 Å². The molecule has 4 rings (SSSR count). The van der Waals surface area contributed by atoms with Gasteiger partial charge in [-0.3, -0.25) is 4.79 Å². The van der Waals surface area contributed by atoms with Gasteiger partial charge in [-0.05, 0) is 47.4 Å². The molecule has 0 aliphatic carbocycles. The van der Waals surface area contributed by atoms with Crippen LogP contribution in [0.15, 0.2) is 77.3 Å². The van der Waals surface area contributed by atoms with E-state index in [4.69, 9.17) is 20.1 Å². The zero-order valence-electron chi connectivity index (χ0n) is 17.3. The predicted octanol–water partition coefficient (Wildman–Crippen LogP) is 4.46. The normalized spacial score (nSPS) is 11.4. The number of carboxylic acid groups (broad SMARTS) is 1. The van der Waals surface area contributed by atoms with Gasteiger partial charge in [0.25, 0.3) is 5.89 Å². The summed E-state index contributed by atoms with van der Waals surface area (Å²) in [6, 6.07) is 22.1. The summed E-state index contributed by atoms with van der Waals surface area (Å²) >= 11 is 0. The van der Waals surface area contributed by atoms with Gasteiger partial charge in [-0.15, -0.1) is 12.4 Å². The van der Waals surface area contributed by atoms with Crippen molar-refractivity contribution in [3.05, 3.63) is 78.4 Å². The van der Waals surface area contributed by atoms with Gasteiger partial charge in [-0.1, -0.05) is 53.7 Å². The van der Waals surface area contributed by atoms with E-state index in [1.54, 1.807) is 7.11 Å². The summed E-state index contributed by atoms with van der Waals surface area (Å²) < 4.78 is 10.7. The molecule has 7 nitrogen and oxygen atoms in total. The number of carboxylic acids is 1. The van der Waals surface area contributed by atoms with Crippen LogP contribution in [0.3, 0.4) is 0 Å². The topological polar surface area (TPSA) is 111 Å². The van der Waals surface area contributed by atoms with Gasteiger partial charge in [-0.2, -0.15) is 4.98 Å². The second-order valence-electron chi connectivity index (χ2n) is 7.08. The summed E-state index contributed by atoms with van der Waals surface area (Å²) in [5.74, 6) is 0.655. The number of aliphatic carboxylic acids is 1. The van der Waals surface area contributed by atoms with E-state index in [1.807, 2.05) is 72.8 Å². The highest BCUT2D eigenvalue weighted by Crippen LogP contribution is 2.28. The van der Waals surface area contributed by atoms with E-state index in [1.165, 1.54) is 0 Å². The first-order valence-corrected chi connectivity index (χ1v) is 9.70. The number of aromatic nitrogens is 2. The van der Waals surface area contributed by atoms with Crippen molar-refractivity contribution in [3.8, 4) is 39.7 Å². The van der Waals surface area contributed by atoms with Crippen LogP contribution in [0.4, 0.5) is 0 Å². The van der Waals surface area contributed by atoms with Crippen LogP contribution in [-0.2, 0) is 11.2 Å². The van der Waals surface area contributed by atoms with Crippen LogP contribution in [0.25, 0.3) is 34.0 Å². The SMILES string of the molecule is COc1ccc(-c2cccc(-c3nc(-c4ccc(C[C@H](N)C(=O)O)cc4)no3)c2)cc1.Cl. The Morgan fingerprint density at radius 1 is 1.00 bits per heavy atom. The minimum absolute atomic E-state index is 0. The van der Waals surface area contributed by atoms with Crippen molar-refractivity contribution in [2.75, 3.05) is 7.11 Å². The highest BCUT2D eigenvalue weighted by atomic mass is 35.5. The lowest BCUT2D eigenvalue weighted by atomic mass is 10.0. The number of halogens is 1. The first-order chi connectivity index (χ1) is 15.0. The average molecular weight is 452 g/mol. The van der Waals surface area contributed by atoms with E-state index in [-0.39, 0.29) is 18.8 Å². The highest BCUT2D eigenvalue weighted by Gasteiger charge is 2.14. The first kappa shape index (κ1) is 23.0. The molecule has 0 radical (unpaired) electrons. The molecule has 0 spiro atoms. The van der Waals surface area contributed by atoms with Gasteiger partial charge < -0.3 is 20.1 Å². The van der Waals surface area contributed by atoms with Crippen LogP contribution < -0.4 is 10.5 Å². The number of nitrogens with zero attached hydrogens (tertiary/aromatic N) is 2. The third-order valence-corrected chi connectivity index (χ3v) is 4.94. The molecule has 0 saturated carbocycles. The molecule has 1 heterocycles. The Bertz CT molecular complexity index is 1190. The van der Waals surface area contributed by atoms with Crippen LogP contribution >= 0.6 is 12.4 Å². The zero-order chi connectivity index (χ0) is 21.8. The molecule has 0 bridgehead atoms. The van der Waals surface area contributed by atoms with E-state index in [2.05, 4.69) is 10.1 Å². The number of carbonyl (C=O) groups is 1. The number of rotatable bonds is 7. The molecule has 0 unspecified atom stereocenters. The fourth-order valence-electron chi connectivity index (χ4n) is 3.20. The number of benzene rings is 3. The minimum atomic E-state index is -1.02. The molecule has 4 aromatic rings. The van der Waals surface area contributed by atoms with Crippen LogP contribution in [0, 0.1) is 0 Å². The molecule has 3 aromatic carbocycles. The van der Waals surface area contributed by atoms with Crippen LogP contribution in [0.2, 0.25) is 0 Å². The third kappa shape index (κ3) is 5.14. The lowest BCUT2D eigenvalue weighted by molar-refractivity contribution is -0.138. The number of nitrogens with two attached hydrogens (primary N) is 1. The molecule has 8 heteroatoms. The second-order valence-corrected chi connectivity index (χ2v) is 7.08.